The summed E-state index contributed by atoms with van der Waals surface area (Å²) in [5, 5.41) is 14.3. The number of benzene rings is 1. The Kier molecular flexibility index (Phi) is 5.30. The molecule has 3 heterocycles. The molecule has 2 N–H and O–H groups in total. The SMILES string of the molecule is Cn1ccnc1-c1nc(NC2CCC(CO)C2)c2c(-c3ccccc3)c(Br)sc2n1. The number of hydrogen-bond donors (Lipinski definition) is 2. The monoisotopic (exact) mass is 483 g/mol. The Balaban J connectivity index is 1.68. The molecule has 6 nitrogen and oxygen atoms in total. The van der Waals surface area contributed by atoms with E-state index in [1.54, 1.807) is 17.5 Å². The summed E-state index contributed by atoms with van der Waals surface area (Å²) < 4.78 is 2.97. The number of imidazole rings is 1. The number of aliphatic hydroxyl groups is 1. The van der Waals surface area contributed by atoms with Crippen molar-refractivity contribution >= 4 is 43.3 Å². The zero-order valence-corrected chi connectivity index (χ0v) is 18.9. The molecule has 0 aliphatic heterocycles. The highest BCUT2D eigenvalue weighted by molar-refractivity contribution is 9.11. The zero-order valence-electron chi connectivity index (χ0n) is 16.5. The molecule has 154 valence electrons. The van der Waals surface area contributed by atoms with Crippen LogP contribution in [0.15, 0.2) is 46.5 Å². The summed E-state index contributed by atoms with van der Waals surface area (Å²) in [6.07, 6.45) is 6.68. The topological polar surface area (TPSA) is 75.9 Å². The van der Waals surface area contributed by atoms with Gasteiger partial charge in [-0.1, -0.05) is 30.3 Å². The first kappa shape index (κ1) is 19.7. The Morgan fingerprint density at radius 3 is 2.77 bits per heavy atom. The first-order chi connectivity index (χ1) is 14.6. The van der Waals surface area contributed by atoms with E-state index in [1.807, 2.05) is 36.0 Å². The predicted molar refractivity (Wildman–Crippen MR) is 125 cm³/mol. The number of aliphatic hydroxyl groups excluding tert-OH is 1. The fraction of sp³-hybridized carbons (Fsp3) is 0.318. The van der Waals surface area contributed by atoms with Gasteiger partial charge in [0.1, 0.15) is 10.6 Å². The third kappa shape index (κ3) is 3.53. The lowest BCUT2D eigenvalue weighted by molar-refractivity contribution is 0.229. The fourth-order valence-corrected chi connectivity index (χ4v) is 6.00. The lowest BCUT2D eigenvalue weighted by Gasteiger charge is -2.16. The van der Waals surface area contributed by atoms with Crippen molar-refractivity contribution in [1.29, 1.82) is 0 Å². The van der Waals surface area contributed by atoms with Gasteiger partial charge in [0.25, 0.3) is 0 Å². The van der Waals surface area contributed by atoms with Crippen LogP contribution in [0.3, 0.4) is 0 Å². The number of aromatic nitrogens is 4. The van der Waals surface area contributed by atoms with E-state index >= 15 is 0 Å². The lowest BCUT2D eigenvalue weighted by atomic mass is 10.1. The molecule has 0 bridgehead atoms. The van der Waals surface area contributed by atoms with Crippen molar-refractivity contribution in [2.75, 3.05) is 11.9 Å². The average molecular weight is 484 g/mol. The van der Waals surface area contributed by atoms with Crippen molar-refractivity contribution in [1.82, 2.24) is 19.5 Å². The maximum Gasteiger partial charge on any atom is 0.199 e. The number of halogens is 1. The van der Waals surface area contributed by atoms with E-state index in [4.69, 9.17) is 9.97 Å². The van der Waals surface area contributed by atoms with Crippen LogP contribution in [0, 0.1) is 5.92 Å². The minimum atomic E-state index is 0.245. The molecule has 1 aliphatic rings. The molecule has 0 amide bonds. The Morgan fingerprint density at radius 1 is 1.23 bits per heavy atom. The molecule has 3 aromatic heterocycles. The highest BCUT2D eigenvalue weighted by Crippen LogP contribution is 2.45. The van der Waals surface area contributed by atoms with Gasteiger partial charge in [-0.25, -0.2) is 15.0 Å². The number of nitrogens with zero attached hydrogens (tertiary/aromatic N) is 4. The molecule has 1 aliphatic carbocycles. The van der Waals surface area contributed by atoms with Gasteiger partial charge in [-0.15, -0.1) is 11.3 Å². The van der Waals surface area contributed by atoms with E-state index < -0.39 is 0 Å². The van der Waals surface area contributed by atoms with Crippen LogP contribution < -0.4 is 5.32 Å². The standard InChI is InChI=1S/C22H22BrN5OS/c1-28-10-9-24-21(28)20-26-19(25-15-8-7-13(11-15)12-29)17-16(14-5-3-2-4-6-14)18(23)30-22(17)27-20/h2-6,9-10,13,15,29H,7-8,11-12H2,1H3,(H,25,26,27). The molecule has 8 heteroatoms. The van der Waals surface area contributed by atoms with Crippen LogP contribution in [0.4, 0.5) is 5.82 Å². The Hall–Kier alpha value is -2.29. The van der Waals surface area contributed by atoms with Gasteiger partial charge in [0, 0.05) is 37.7 Å². The smallest absolute Gasteiger partial charge is 0.199 e. The van der Waals surface area contributed by atoms with E-state index in [-0.39, 0.29) is 12.6 Å². The highest BCUT2D eigenvalue weighted by Gasteiger charge is 2.27. The van der Waals surface area contributed by atoms with E-state index in [2.05, 4.69) is 38.4 Å². The second kappa shape index (κ2) is 8.09. The summed E-state index contributed by atoms with van der Waals surface area (Å²) >= 11 is 5.39. The fourth-order valence-electron chi connectivity index (χ4n) is 4.19. The quantitative estimate of drug-likeness (QED) is 0.413. The number of hydrogen-bond acceptors (Lipinski definition) is 6. The number of rotatable bonds is 5. The molecule has 1 aromatic carbocycles. The summed E-state index contributed by atoms with van der Waals surface area (Å²) in [6.45, 7) is 0.245. The van der Waals surface area contributed by atoms with Crippen LogP contribution in [0.1, 0.15) is 19.3 Å². The zero-order chi connectivity index (χ0) is 20.7. The maximum atomic E-state index is 9.55. The Morgan fingerprint density at radius 2 is 2.07 bits per heavy atom. The van der Waals surface area contributed by atoms with Gasteiger partial charge < -0.3 is 15.0 Å². The van der Waals surface area contributed by atoms with Gasteiger partial charge in [-0.2, -0.15) is 0 Å². The summed E-state index contributed by atoms with van der Waals surface area (Å²) in [5.41, 5.74) is 2.24. The lowest BCUT2D eigenvalue weighted by Crippen LogP contribution is -2.18. The number of anilines is 1. The second-order valence-electron chi connectivity index (χ2n) is 7.76. The van der Waals surface area contributed by atoms with E-state index in [9.17, 15) is 5.11 Å². The molecule has 1 fully saturated rings. The van der Waals surface area contributed by atoms with E-state index in [0.717, 1.165) is 56.0 Å². The largest absolute Gasteiger partial charge is 0.396 e. The summed E-state index contributed by atoms with van der Waals surface area (Å²) in [7, 11) is 1.95. The molecule has 0 spiro atoms. The normalized spacial score (nSPS) is 18.9. The van der Waals surface area contributed by atoms with Crippen LogP contribution in [0.25, 0.3) is 33.0 Å². The molecule has 0 saturated heterocycles. The van der Waals surface area contributed by atoms with Gasteiger partial charge >= 0.3 is 0 Å². The number of aryl methyl sites for hydroxylation is 1. The molecular weight excluding hydrogens is 462 g/mol. The summed E-state index contributed by atoms with van der Waals surface area (Å²) in [6, 6.07) is 10.6. The van der Waals surface area contributed by atoms with Crippen LogP contribution in [0.2, 0.25) is 0 Å². The van der Waals surface area contributed by atoms with Crippen LogP contribution in [-0.2, 0) is 7.05 Å². The van der Waals surface area contributed by atoms with Gasteiger partial charge in [0.05, 0.1) is 9.17 Å². The molecule has 1 saturated carbocycles. The first-order valence-electron chi connectivity index (χ1n) is 10.0. The van der Waals surface area contributed by atoms with Crippen molar-refractivity contribution < 1.29 is 5.11 Å². The number of nitrogens with one attached hydrogen (secondary N) is 1. The summed E-state index contributed by atoms with van der Waals surface area (Å²) in [4.78, 5) is 15.2. The number of fused-ring (bicyclic) bond motifs is 1. The van der Waals surface area contributed by atoms with E-state index in [0.29, 0.717) is 11.7 Å². The van der Waals surface area contributed by atoms with Crippen LogP contribution in [0.5, 0.6) is 0 Å². The minimum Gasteiger partial charge on any atom is -0.396 e. The summed E-state index contributed by atoms with van der Waals surface area (Å²) in [5.74, 6) is 2.55. The van der Waals surface area contributed by atoms with Gasteiger partial charge in [-0.05, 0) is 46.7 Å². The Bertz CT molecular complexity index is 1190. The predicted octanol–water partition coefficient (Wildman–Crippen LogP) is 5.09. The molecule has 4 aromatic rings. The number of thiophene rings is 1. The molecule has 2 unspecified atom stereocenters. The minimum absolute atomic E-state index is 0.245. The molecule has 5 rings (SSSR count). The van der Waals surface area contributed by atoms with Gasteiger partial charge in [0.2, 0.25) is 0 Å². The molecule has 2 atom stereocenters. The molecule has 0 radical (unpaired) electrons. The molecule has 30 heavy (non-hydrogen) atoms. The third-order valence-corrected chi connectivity index (χ3v) is 7.49. The van der Waals surface area contributed by atoms with Crippen molar-refractivity contribution in [2.24, 2.45) is 13.0 Å². The van der Waals surface area contributed by atoms with Crippen molar-refractivity contribution in [2.45, 2.75) is 25.3 Å². The van der Waals surface area contributed by atoms with Crippen LogP contribution >= 0.6 is 27.3 Å². The van der Waals surface area contributed by atoms with Crippen LogP contribution in [-0.4, -0.2) is 37.3 Å². The van der Waals surface area contributed by atoms with Crippen molar-refractivity contribution in [3.05, 3.63) is 46.5 Å². The van der Waals surface area contributed by atoms with Gasteiger partial charge in [-0.3, -0.25) is 0 Å². The highest BCUT2D eigenvalue weighted by atomic mass is 79.9. The first-order valence-corrected chi connectivity index (χ1v) is 11.7. The Labute approximate surface area is 187 Å². The average Bonchev–Trinajstić information content (AvgIpc) is 3.46. The van der Waals surface area contributed by atoms with Crippen molar-refractivity contribution in [3.8, 4) is 22.8 Å². The van der Waals surface area contributed by atoms with E-state index in [1.165, 1.54) is 0 Å². The second-order valence-corrected chi connectivity index (χ2v) is 10.1. The van der Waals surface area contributed by atoms with Crippen molar-refractivity contribution in [3.63, 3.8) is 0 Å². The maximum absolute atomic E-state index is 9.55. The van der Waals surface area contributed by atoms with Gasteiger partial charge in [0.15, 0.2) is 11.6 Å². The molecular formula is C22H22BrN5OS. The third-order valence-electron chi connectivity index (χ3n) is 5.73.